The minimum absolute atomic E-state index is 0.0187. The first kappa shape index (κ1) is 14.7. The van der Waals surface area contributed by atoms with Gasteiger partial charge >= 0.3 is 0 Å². The average molecular weight is 328 g/mol. The second kappa shape index (κ2) is 5.98. The number of nitrogens with zero attached hydrogens (tertiary/aromatic N) is 1. The first-order valence-electron chi connectivity index (χ1n) is 7.99. The molecule has 0 bridgehead atoms. The number of thiophene rings is 1. The maximum Gasteiger partial charge on any atom is 0.261 e. The predicted molar refractivity (Wildman–Crippen MR) is 90.8 cm³/mol. The van der Waals surface area contributed by atoms with Crippen molar-refractivity contribution in [3.63, 3.8) is 0 Å². The Bertz CT molecular complexity index is 713. The van der Waals surface area contributed by atoms with Gasteiger partial charge < -0.3 is 10.1 Å². The quantitative estimate of drug-likeness (QED) is 0.917. The van der Waals surface area contributed by atoms with Gasteiger partial charge in [-0.2, -0.15) is 0 Å². The fourth-order valence-corrected chi connectivity index (χ4v) is 4.17. The van der Waals surface area contributed by atoms with Crippen LogP contribution in [0.5, 0.6) is 5.75 Å². The second-order valence-corrected chi connectivity index (χ2v) is 7.37. The SMILES string of the molecule is COc1cccc(CNC(=O)c2cc3c(s2)CN(C2CC2)C3)c1. The Hall–Kier alpha value is -1.85. The summed E-state index contributed by atoms with van der Waals surface area (Å²) in [5.74, 6) is 0.831. The van der Waals surface area contributed by atoms with E-state index in [1.54, 1.807) is 18.4 Å². The molecule has 1 N–H and O–H groups in total. The number of nitrogens with one attached hydrogen (secondary N) is 1. The zero-order valence-electron chi connectivity index (χ0n) is 13.2. The summed E-state index contributed by atoms with van der Waals surface area (Å²) < 4.78 is 5.21. The number of rotatable bonds is 5. The second-order valence-electron chi connectivity index (χ2n) is 6.23. The van der Waals surface area contributed by atoms with Gasteiger partial charge in [0.25, 0.3) is 5.91 Å². The van der Waals surface area contributed by atoms with Crippen molar-refractivity contribution < 1.29 is 9.53 Å². The molecule has 1 aliphatic heterocycles. The predicted octanol–water partition coefficient (Wildman–Crippen LogP) is 3.16. The van der Waals surface area contributed by atoms with Crippen LogP contribution in [0.2, 0.25) is 0 Å². The van der Waals surface area contributed by atoms with E-state index in [4.69, 9.17) is 4.74 Å². The fourth-order valence-electron chi connectivity index (χ4n) is 3.05. The van der Waals surface area contributed by atoms with E-state index >= 15 is 0 Å². The van der Waals surface area contributed by atoms with Gasteiger partial charge in [-0.1, -0.05) is 12.1 Å². The zero-order chi connectivity index (χ0) is 15.8. The molecule has 23 heavy (non-hydrogen) atoms. The molecule has 4 nitrogen and oxygen atoms in total. The third-order valence-electron chi connectivity index (χ3n) is 4.49. The van der Waals surface area contributed by atoms with Crippen LogP contribution in [0, 0.1) is 0 Å². The van der Waals surface area contributed by atoms with Crippen LogP contribution in [0.25, 0.3) is 0 Å². The summed E-state index contributed by atoms with van der Waals surface area (Å²) >= 11 is 1.64. The van der Waals surface area contributed by atoms with E-state index in [2.05, 4.69) is 16.3 Å². The Kier molecular flexibility index (Phi) is 3.83. The van der Waals surface area contributed by atoms with Crippen LogP contribution < -0.4 is 10.1 Å². The van der Waals surface area contributed by atoms with E-state index in [0.29, 0.717) is 6.54 Å². The van der Waals surface area contributed by atoms with Gasteiger partial charge in [-0.25, -0.2) is 0 Å². The van der Waals surface area contributed by atoms with Gasteiger partial charge in [0.1, 0.15) is 5.75 Å². The van der Waals surface area contributed by atoms with E-state index in [1.165, 1.54) is 23.3 Å². The number of hydrogen-bond acceptors (Lipinski definition) is 4. The molecule has 0 unspecified atom stereocenters. The average Bonchev–Trinajstić information content (AvgIpc) is 3.23. The smallest absolute Gasteiger partial charge is 0.261 e. The Morgan fingerprint density at radius 2 is 2.22 bits per heavy atom. The lowest BCUT2D eigenvalue weighted by Gasteiger charge is -2.12. The van der Waals surface area contributed by atoms with Gasteiger partial charge in [0.05, 0.1) is 12.0 Å². The summed E-state index contributed by atoms with van der Waals surface area (Å²) in [6.07, 6.45) is 2.67. The topological polar surface area (TPSA) is 41.6 Å². The monoisotopic (exact) mass is 328 g/mol. The molecular weight excluding hydrogens is 308 g/mol. The maximum atomic E-state index is 12.4. The molecule has 5 heteroatoms. The van der Waals surface area contributed by atoms with Crippen LogP contribution in [-0.4, -0.2) is 24.0 Å². The number of amides is 1. The van der Waals surface area contributed by atoms with Crippen LogP contribution in [-0.2, 0) is 19.6 Å². The normalized spacial score (nSPS) is 17.1. The lowest BCUT2D eigenvalue weighted by atomic mass is 10.2. The molecule has 4 rings (SSSR count). The summed E-state index contributed by atoms with van der Waals surface area (Å²) in [5, 5.41) is 3.00. The first-order valence-corrected chi connectivity index (χ1v) is 8.81. The van der Waals surface area contributed by atoms with Crippen molar-refractivity contribution in [1.29, 1.82) is 0 Å². The Balaban J connectivity index is 1.37. The third-order valence-corrected chi connectivity index (χ3v) is 5.65. The minimum Gasteiger partial charge on any atom is -0.497 e. The number of carbonyl (C=O) groups is 1. The van der Waals surface area contributed by atoms with Crippen LogP contribution >= 0.6 is 11.3 Å². The lowest BCUT2D eigenvalue weighted by Crippen LogP contribution is -2.22. The van der Waals surface area contributed by atoms with Crippen LogP contribution in [0.4, 0.5) is 0 Å². The molecule has 1 aromatic carbocycles. The van der Waals surface area contributed by atoms with E-state index in [9.17, 15) is 4.79 Å². The molecule has 1 aromatic heterocycles. The molecule has 2 aliphatic rings. The Labute approximate surface area is 140 Å². The first-order chi connectivity index (χ1) is 11.2. The van der Waals surface area contributed by atoms with Gasteiger partial charge in [-0.15, -0.1) is 11.3 Å². The van der Waals surface area contributed by atoms with Crippen LogP contribution in [0.3, 0.4) is 0 Å². The summed E-state index contributed by atoms with van der Waals surface area (Å²) in [7, 11) is 1.65. The molecule has 1 amide bonds. The van der Waals surface area contributed by atoms with Crippen molar-refractivity contribution in [2.75, 3.05) is 7.11 Å². The van der Waals surface area contributed by atoms with Crippen LogP contribution in [0.15, 0.2) is 30.3 Å². The third kappa shape index (κ3) is 3.12. The molecular formula is C18H20N2O2S. The highest BCUT2D eigenvalue weighted by atomic mass is 32.1. The zero-order valence-corrected chi connectivity index (χ0v) is 14.0. The summed E-state index contributed by atoms with van der Waals surface area (Å²) in [5.41, 5.74) is 2.38. The molecule has 2 aromatic rings. The summed E-state index contributed by atoms with van der Waals surface area (Å²) in [4.78, 5) is 17.1. The van der Waals surface area contributed by atoms with Crippen molar-refractivity contribution >= 4 is 17.2 Å². The van der Waals surface area contributed by atoms with E-state index < -0.39 is 0 Å². The molecule has 1 saturated carbocycles. The maximum absolute atomic E-state index is 12.4. The molecule has 0 radical (unpaired) electrons. The number of ether oxygens (including phenoxy) is 1. The van der Waals surface area contributed by atoms with Crippen LogP contribution in [0.1, 0.15) is 38.5 Å². The molecule has 0 spiro atoms. The molecule has 1 fully saturated rings. The van der Waals surface area contributed by atoms with Gasteiger partial charge in [0, 0.05) is 30.6 Å². The number of hydrogen-bond donors (Lipinski definition) is 1. The Morgan fingerprint density at radius 3 is 2.96 bits per heavy atom. The Morgan fingerprint density at radius 1 is 1.35 bits per heavy atom. The highest BCUT2D eigenvalue weighted by Crippen LogP contribution is 2.38. The highest BCUT2D eigenvalue weighted by Gasteiger charge is 2.34. The fraction of sp³-hybridized carbons (Fsp3) is 0.389. The molecule has 2 heterocycles. The minimum atomic E-state index is 0.0187. The number of benzene rings is 1. The highest BCUT2D eigenvalue weighted by molar-refractivity contribution is 7.14. The lowest BCUT2D eigenvalue weighted by molar-refractivity contribution is 0.0954. The number of methoxy groups -OCH3 is 1. The van der Waals surface area contributed by atoms with Gasteiger partial charge in [-0.3, -0.25) is 9.69 Å². The molecule has 0 atom stereocenters. The van der Waals surface area contributed by atoms with Gasteiger partial charge in [0.2, 0.25) is 0 Å². The molecule has 0 saturated heterocycles. The molecule has 1 aliphatic carbocycles. The van der Waals surface area contributed by atoms with E-state index in [-0.39, 0.29) is 5.91 Å². The van der Waals surface area contributed by atoms with Gasteiger partial charge in [0.15, 0.2) is 0 Å². The van der Waals surface area contributed by atoms with Crippen molar-refractivity contribution in [3.8, 4) is 5.75 Å². The largest absolute Gasteiger partial charge is 0.497 e. The van der Waals surface area contributed by atoms with Crippen molar-refractivity contribution in [1.82, 2.24) is 10.2 Å². The molecule has 120 valence electrons. The van der Waals surface area contributed by atoms with Gasteiger partial charge in [-0.05, 0) is 42.2 Å². The summed E-state index contributed by atoms with van der Waals surface area (Å²) in [6.45, 7) is 2.56. The number of carbonyl (C=O) groups excluding carboxylic acids is 1. The summed E-state index contributed by atoms with van der Waals surface area (Å²) in [6, 6.07) is 10.6. The van der Waals surface area contributed by atoms with E-state index in [1.807, 2.05) is 24.3 Å². The van der Waals surface area contributed by atoms with Crippen molar-refractivity contribution in [3.05, 3.63) is 51.2 Å². The standard InChI is InChI=1S/C18H20N2O2S/c1-22-15-4-2-3-12(7-15)9-19-18(21)16-8-13-10-20(14-5-6-14)11-17(13)23-16/h2-4,7-8,14H,5-6,9-11H2,1H3,(H,19,21). The number of fused-ring (bicyclic) bond motifs is 1. The van der Waals surface area contributed by atoms with Crippen molar-refractivity contribution in [2.24, 2.45) is 0 Å². The van der Waals surface area contributed by atoms with E-state index in [0.717, 1.165) is 35.3 Å². The van der Waals surface area contributed by atoms with Crippen molar-refractivity contribution in [2.45, 2.75) is 38.5 Å².